The molecule has 1 aliphatic carbocycles. The number of aryl methyl sites for hydroxylation is 1. The lowest BCUT2D eigenvalue weighted by Crippen LogP contribution is -2.11. The van der Waals surface area contributed by atoms with Crippen molar-refractivity contribution in [3.05, 3.63) is 70.8 Å². The van der Waals surface area contributed by atoms with Crippen molar-refractivity contribution in [3.8, 4) is 0 Å². The maximum Gasteiger partial charge on any atom is 0.0239 e. The zero-order valence-corrected chi connectivity index (χ0v) is 15.7. The minimum atomic E-state index is 0.325. The minimum Gasteiger partial charge on any atom is -0.0998 e. The lowest BCUT2D eigenvalue weighted by atomic mass is 9.80. The Morgan fingerprint density at radius 1 is 1.13 bits per heavy atom. The van der Waals surface area contributed by atoms with Gasteiger partial charge in [0.05, 0.1) is 0 Å². The third-order valence-corrected chi connectivity index (χ3v) is 4.56. The second-order valence-electron chi connectivity index (χ2n) is 8.54. The van der Waals surface area contributed by atoms with E-state index in [9.17, 15) is 0 Å². The van der Waals surface area contributed by atoms with Gasteiger partial charge in [-0.2, -0.15) is 0 Å². The van der Waals surface area contributed by atoms with Gasteiger partial charge in [-0.1, -0.05) is 93.0 Å². The van der Waals surface area contributed by atoms with Crippen LogP contribution in [0.5, 0.6) is 0 Å². The second kappa shape index (κ2) is 6.91. The second-order valence-corrected chi connectivity index (χ2v) is 8.54. The van der Waals surface area contributed by atoms with Crippen LogP contribution in [0.15, 0.2) is 59.7 Å². The molecule has 0 spiro atoms. The molecule has 0 amide bonds. The Labute approximate surface area is 143 Å². The van der Waals surface area contributed by atoms with E-state index >= 15 is 0 Å². The van der Waals surface area contributed by atoms with Gasteiger partial charge >= 0.3 is 0 Å². The van der Waals surface area contributed by atoms with Crippen molar-refractivity contribution in [2.24, 2.45) is 11.3 Å². The summed E-state index contributed by atoms with van der Waals surface area (Å²) in [6, 6.07) is 8.99. The average molecular weight is 309 g/mol. The van der Waals surface area contributed by atoms with Crippen LogP contribution in [-0.2, 0) is 0 Å². The van der Waals surface area contributed by atoms with Crippen LogP contribution in [0.25, 0.3) is 0 Å². The standard InChI is InChI=1S/C23H32/c1-16-8-10-20(11-9-16)22-14-17(2)13-21(22)19(4)12-18(3)15-23(5,6)7/h8-11,13-14,19,22H,3,12,15H2,1-2,4-7H3. The monoisotopic (exact) mass is 308 g/mol. The van der Waals surface area contributed by atoms with Crippen LogP contribution in [0.1, 0.15) is 64.5 Å². The normalized spacial score (nSPS) is 19.3. The Balaban J connectivity index is 2.12. The van der Waals surface area contributed by atoms with Gasteiger partial charge in [0.25, 0.3) is 0 Å². The van der Waals surface area contributed by atoms with Crippen LogP contribution in [0.3, 0.4) is 0 Å². The largest absolute Gasteiger partial charge is 0.0998 e. The molecule has 0 bridgehead atoms. The van der Waals surface area contributed by atoms with Gasteiger partial charge in [-0.15, -0.1) is 0 Å². The van der Waals surface area contributed by atoms with E-state index in [1.54, 1.807) is 5.57 Å². The van der Waals surface area contributed by atoms with E-state index in [1.807, 2.05) is 0 Å². The van der Waals surface area contributed by atoms with Gasteiger partial charge in [0, 0.05) is 5.92 Å². The number of allylic oxidation sites excluding steroid dienone is 5. The van der Waals surface area contributed by atoms with E-state index in [1.165, 1.54) is 22.3 Å². The molecule has 2 unspecified atom stereocenters. The molecule has 0 saturated heterocycles. The summed E-state index contributed by atoms with van der Waals surface area (Å²) in [6.45, 7) is 17.9. The van der Waals surface area contributed by atoms with Crippen LogP contribution in [0.2, 0.25) is 0 Å². The highest BCUT2D eigenvalue weighted by Gasteiger charge is 2.24. The Kier molecular flexibility index (Phi) is 5.34. The molecule has 0 N–H and O–H groups in total. The summed E-state index contributed by atoms with van der Waals surface area (Å²) in [4.78, 5) is 0. The van der Waals surface area contributed by atoms with Gasteiger partial charge < -0.3 is 0 Å². The highest BCUT2D eigenvalue weighted by atomic mass is 14.3. The molecule has 0 radical (unpaired) electrons. The fourth-order valence-corrected chi connectivity index (χ4v) is 3.64. The lowest BCUT2D eigenvalue weighted by molar-refractivity contribution is 0.399. The molecule has 0 nitrogen and oxygen atoms in total. The van der Waals surface area contributed by atoms with E-state index in [0.29, 0.717) is 17.3 Å². The first-order valence-corrected chi connectivity index (χ1v) is 8.79. The first kappa shape index (κ1) is 17.8. The molecule has 0 fully saturated rings. The molecule has 0 aliphatic heterocycles. The number of hydrogen-bond acceptors (Lipinski definition) is 0. The molecule has 0 aromatic heterocycles. The van der Waals surface area contributed by atoms with E-state index in [2.05, 4.69) is 84.5 Å². The summed E-state index contributed by atoms with van der Waals surface area (Å²) < 4.78 is 0. The number of rotatable bonds is 5. The Morgan fingerprint density at radius 3 is 2.30 bits per heavy atom. The van der Waals surface area contributed by atoms with Crippen molar-refractivity contribution in [2.45, 2.75) is 60.3 Å². The van der Waals surface area contributed by atoms with Crippen LogP contribution in [-0.4, -0.2) is 0 Å². The summed E-state index contributed by atoms with van der Waals surface area (Å²) in [7, 11) is 0. The smallest absolute Gasteiger partial charge is 0.0239 e. The van der Waals surface area contributed by atoms with Crippen molar-refractivity contribution in [3.63, 3.8) is 0 Å². The number of benzene rings is 1. The fraction of sp³-hybridized carbons (Fsp3) is 0.478. The summed E-state index contributed by atoms with van der Waals surface area (Å²) in [5.41, 5.74) is 7.36. The van der Waals surface area contributed by atoms with E-state index in [-0.39, 0.29) is 0 Å². The summed E-state index contributed by atoms with van der Waals surface area (Å²) >= 11 is 0. The first-order valence-electron chi connectivity index (χ1n) is 8.79. The van der Waals surface area contributed by atoms with Crippen molar-refractivity contribution in [1.29, 1.82) is 0 Å². The van der Waals surface area contributed by atoms with E-state index in [4.69, 9.17) is 0 Å². The molecule has 0 heteroatoms. The molecule has 0 heterocycles. The van der Waals surface area contributed by atoms with Crippen molar-refractivity contribution in [2.75, 3.05) is 0 Å². The Hall–Kier alpha value is -1.56. The maximum absolute atomic E-state index is 4.34. The molecule has 124 valence electrons. The molecule has 2 atom stereocenters. The van der Waals surface area contributed by atoms with E-state index in [0.717, 1.165) is 12.8 Å². The van der Waals surface area contributed by atoms with Gasteiger partial charge in [-0.05, 0) is 43.6 Å². The highest BCUT2D eigenvalue weighted by Crippen LogP contribution is 2.40. The number of hydrogen-bond donors (Lipinski definition) is 0. The predicted octanol–water partition coefficient (Wildman–Crippen LogP) is 6.98. The molecule has 1 aliphatic rings. The van der Waals surface area contributed by atoms with Crippen LogP contribution in [0, 0.1) is 18.3 Å². The predicted molar refractivity (Wildman–Crippen MR) is 103 cm³/mol. The fourth-order valence-electron chi connectivity index (χ4n) is 3.64. The zero-order valence-electron chi connectivity index (χ0n) is 15.7. The molecule has 1 aromatic carbocycles. The maximum atomic E-state index is 4.34. The van der Waals surface area contributed by atoms with Gasteiger partial charge in [0.1, 0.15) is 0 Å². The summed E-state index contributed by atoms with van der Waals surface area (Å²) in [6.07, 6.45) is 6.99. The lowest BCUT2D eigenvalue weighted by Gasteiger charge is -2.25. The van der Waals surface area contributed by atoms with Gasteiger partial charge in [-0.3, -0.25) is 0 Å². The molecule has 0 saturated carbocycles. The summed E-state index contributed by atoms with van der Waals surface area (Å²) in [5, 5.41) is 0. The van der Waals surface area contributed by atoms with Gasteiger partial charge in [0.2, 0.25) is 0 Å². The minimum absolute atomic E-state index is 0.325. The summed E-state index contributed by atoms with van der Waals surface area (Å²) in [5.74, 6) is 0.984. The topological polar surface area (TPSA) is 0 Å². The highest BCUT2D eigenvalue weighted by molar-refractivity contribution is 5.46. The van der Waals surface area contributed by atoms with E-state index < -0.39 is 0 Å². The van der Waals surface area contributed by atoms with Crippen LogP contribution < -0.4 is 0 Å². The van der Waals surface area contributed by atoms with Crippen molar-refractivity contribution < 1.29 is 0 Å². The molecular weight excluding hydrogens is 276 g/mol. The first-order chi connectivity index (χ1) is 10.7. The van der Waals surface area contributed by atoms with Crippen LogP contribution in [0.4, 0.5) is 0 Å². The zero-order chi connectivity index (χ0) is 17.2. The van der Waals surface area contributed by atoms with Crippen molar-refractivity contribution in [1.82, 2.24) is 0 Å². The molecule has 2 rings (SSSR count). The van der Waals surface area contributed by atoms with Crippen molar-refractivity contribution >= 4 is 0 Å². The average Bonchev–Trinajstić information content (AvgIpc) is 2.79. The molecule has 1 aromatic rings. The van der Waals surface area contributed by atoms with Gasteiger partial charge in [0.15, 0.2) is 0 Å². The van der Waals surface area contributed by atoms with Crippen LogP contribution >= 0.6 is 0 Å². The van der Waals surface area contributed by atoms with Gasteiger partial charge in [-0.25, -0.2) is 0 Å². The third-order valence-electron chi connectivity index (χ3n) is 4.56. The Bertz CT molecular complexity index is 617. The Morgan fingerprint density at radius 2 is 1.74 bits per heavy atom. The third kappa shape index (κ3) is 4.96. The SMILES string of the molecule is C=C(CC(C)C1=CC(C)=CC1c1ccc(C)cc1)CC(C)(C)C. The molecular formula is C23H32. The molecule has 23 heavy (non-hydrogen) atoms. The quantitative estimate of drug-likeness (QED) is 0.514.